The molecular weight excluding hydrogens is 240 g/mol. The molecule has 0 aliphatic heterocycles. The molecule has 2 aromatic rings. The molecule has 0 saturated carbocycles. The van der Waals surface area contributed by atoms with E-state index in [4.69, 9.17) is 0 Å². The van der Waals surface area contributed by atoms with Crippen molar-refractivity contribution in [3.8, 4) is 0 Å². The number of aromatic nitrogens is 2. The zero-order chi connectivity index (χ0) is 13.7. The maximum atomic E-state index is 11.7. The summed E-state index contributed by atoms with van der Waals surface area (Å²) in [6.07, 6.45) is 8.73. The van der Waals surface area contributed by atoms with Crippen LogP contribution in [0, 0.1) is 0 Å². The molecule has 0 fully saturated rings. The molecule has 19 heavy (non-hydrogen) atoms. The van der Waals surface area contributed by atoms with Crippen LogP contribution in [0.15, 0.2) is 48.1 Å². The highest BCUT2D eigenvalue weighted by Crippen LogP contribution is 2.06. The summed E-state index contributed by atoms with van der Waals surface area (Å²) >= 11 is 0. The van der Waals surface area contributed by atoms with E-state index in [0.29, 0.717) is 11.6 Å². The highest BCUT2D eigenvalue weighted by atomic mass is 16.2. The van der Waals surface area contributed by atoms with Gasteiger partial charge in [0.2, 0.25) is 0 Å². The standard InChI is InChI=1S/C14H16N4O/c1-11(2)18-8-5-12(10-18)9-16-17-14(19)13-3-6-15-7-4-13/h3-11H,1-2H3,(H,17,19)/b16-9-. The zero-order valence-electron chi connectivity index (χ0n) is 10.9. The lowest BCUT2D eigenvalue weighted by Gasteiger charge is -2.04. The summed E-state index contributed by atoms with van der Waals surface area (Å²) in [5.41, 5.74) is 3.96. The van der Waals surface area contributed by atoms with Crippen molar-refractivity contribution in [1.82, 2.24) is 15.0 Å². The summed E-state index contributed by atoms with van der Waals surface area (Å²) in [4.78, 5) is 15.5. The summed E-state index contributed by atoms with van der Waals surface area (Å²) in [7, 11) is 0. The first-order valence-electron chi connectivity index (χ1n) is 6.08. The first-order valence-corrected chi connectivity index (χ1v) is 6.08. The van der Waals surface area contributed by atoms with E-state index in [-0.39, 0.29) is 5.91 Å². The number of hydrazone groups is 1. The van der Waals surface area contributed by atoms with Crippen LogP contribution in [-0.2, 0) is 0 Å². The third-order valence-corrected chi connectivity index (χ3v) is 2.66. The number of rotatable bonds is 4. The summed E-state index contributed by atoms with van der Waals surface area (Å²) in [6.45, 7) is 4.21. The van der Waals surface area contributed by atoms with Crippen LogP contribution in [0.5, 0.6) is 0 Å². The third kappa shape index (κ3) is 3.51. The quantitative estimate of drug-likeness (QED) is 0.673. The molecule has 0 atom stereocenters. The van der Waals surface area contributed by atoms with Crippen molar-refractivity contribution < 1.29 is 4.79 Å². The second kappa shape index (κ2) is 5.95. The molecular formula is C14H16N4O. The highest BCUT2D eigenvalue weighted by Gasteiger charge is 2.02. The fraction of sp³-hybridized carbons (Fsp3) is 0.214. The van der Waals surface area contributed by atoms with Gasteiger partial charge >= 0.3 is 0 Å². The molecule has 0 aliphatic carbocycles. The van der Waals surface area contributed by atoms with E-state index in [1.54, 1.807) is 30.7 Å². The van der Waals surface area contributed by atoms with Gasteiger partial charge in [-0.05, 0) is 32.0 Å². The van der Waals surface area contributed by atoms with Crippen LogP contribution in [0.3, 0.4) is 0 Å². The molecule has 0 radical (unpaired) electrons. The van der Waals surface area contributed by atoms with Crippen molar-refractivity contribution in [2.24, 2.45) is 5.10 Å². The largest absolute Gasteiger partial charge is 0.351 e. The minimum absolute atomic E-state index is 0.248. The van der Waals surface area contributed by atoms with Gasteiger partial charge in [-0.3, -0.25) is 9.78 Å². The predicted molar refractivity (Wildman–Crippen MR) is 74.1 cm³/mol. The lowest BCUT2D eigenvalue weighted by atomic mass is 10.3. The van der Waals surface area contributed by atoms with Crippen LogP contribution in [0.1, 0.15) is 35.8 Å². The average Bonchev–Trinajstić information content (AvgIpc) is 2.89. The second-order valence-corrected chi connectivity index (χ2v) is 4.42. The second-order valence-electron chi connectivity index (χ2n) is 4.42. The predicted octanol–water partition coefficient (Wildman–Crippen LogP) is 2.23. The van der Waals surface area contributed by atoms with Gasteiger partial charge in [-0.25, -0.2) is 5.43 Å². The van der Waals surface area contributed by atoms with Gasteiger partial charge in [0, 0.05) is 42.0 Å². The number of nitrogens with one attached hydrogen (secondary N) is 1. The number of nitrogens with zero attached hydrogens (tertiary/aromatic N) is 3. The van der Waals surface area contributed by atoms with Crippen molar-refractivity contribution in [3.63, 3.8) is 0 Å². The maximum absolute atomic E-state index is 11.7. The molecule has 2 heterocycles. The van der Waals surface area contributed by atoms with Gasteiger partial charge in [0.15, 0.2) is 0 Å². The van der Waals surface area contributed by atoms with Crippen LogP contribution in [0.2, 0.25) is 0 Å². The Kier molecular flexibility index (Phi) is 4.07. The van der Waals surface area contributed by atoms with Crippen molar-refractivity contribution >= 4 is 12.1 Å². The molecule has 98 valence electrons. The summed E-state index contributed by atoms with van der Waals surface area (Å²) < 4.78 is 2.08. The Bertz CT molecular complexity index is 572. The van der Waals surface area contributed by atoms with Crippen LogP contribution in [0.25, 0.3) is 0 Å². The van der Waals surface area contributed by atoms with Crippen molar-refractivity contribution in [2.45, 2.75) is 19.9 Å². The highest BCUT2D eigenvalue weighted by molar-refractivity contribution is 5.94. The van der Waals surface area contributed by atoms with Gasteiger partial charge in [-0.1, -0.05) is 0 Å². The SMILES string of the molecule is CC(C)n1ccc(/C=N\NC(=O)c2ccncc2)c1. The normalized spacial score (nSPS) is 11.1. The molecule has 0 aliphatic rings. The zero-order valence-corrected chi connectivity index (χ0v) is 10.9. The van der Waals surface area contributed by atoms with Crippen molar-refractivity contribution in [3.05, 3.63) is 54.1 Å². The molecule has 2 aromatic heterocycles. The first-order chi connectivity index (χ1) is 9.16. The fourth-order valence-corrected chi connectivity index (χ4v) is 1.56. The van der Waals surface area contributed by atoms with Gasteiger partial charge in [0.05, 0.1) is 6.21 Å². The van der Waals surface area contributed by atoms with E-state index in [1.165, 1.54) is 0 Å². The number of carbonyl (C=O) groups excluding carboxylic acids is 1. The monoisotopic (exact) mass is 256 g/mol. The van der Waals surface area contributed by atoms with Gasteiger partial charge in [0.1, 0.15) is 0 Å². The Morgan fingerprint density at radius 3 is 2.74 bits per heavy atom. The number of amides is 1. The van der Waals surface area contributed by atoms with Gasteiger partial charge < -0.3 is 4.57 Å². The Morgan fingerprint density at radius 1 is 1.37 bits per heavy atom. The number of carbonyl (C=O) groups is 1. The first kappa shape index (κ1) is 13.0. The molecule has 0 spiro atoms. The summed E-state index contributed by atoms with van der Waals surface area (Å²) in [5, 5.41) is 3.93. The van der Waals surface area contributed by atoms with E-state index in [9.17, 15) is 4.79 Å². The van der Waals surface area contributed by atoms with Gasteiger partial charge in [0.25, 0.3) is 5.91 Å². The summed E-state index contributed by atoms with van der Waals surface area (Å²) in [6, 6.07) is 5.64. The van der Waals surface area contributed by atoms with Crippen LogP contribution in [-0.4, -0.2) is 21.7 Å². The molecule has 5 nitrogen and oxygen atoms in total. The lowest BCUT2D eigenvalue weighted by molar-refractivity contribution is 0.0955. The molecule has 5 heteroatoms. The average molecular weight is 256 g/mol. The van der Waals surface area contributed by atoms with Crippen LogP contribution < -0.4 is 5.43 Å². The minimum atomic E-state index is -0.248. The summed E-state index contributed by atoms with van der Waals surface area (Å²) in [5.74, 6) is -0.248. The van der Waals surface area contributed by atoms with Gasteiger partial charge in [-0.2, -0.15) is 5.10 Å². The molecule has 0 saturated heterocycles. The third-order valence-electron chi connectivity index (χ3n) is 2.66. The van der Waals surface area contributed by atoms with E-state index in [0.717, 1.165) is 5.56 Å². The fourth-order valence-electron chi connectivity index (χ4n) is 1.56. The van der Waals surface area contributed by atoms with Crippen molar-refractivity contribution in [2.75, 3.05) is 0 Å². The van der Waals surface area contributed by atoms with Gasteiger partial charge in [-0.15, -0.1) is 0 Å². The maximum Gasteiger partial charge on any atom is 0.271 e. The van der Waals surface area contributed by atoms with E-state index in [2.05, 4.69) is 33.9 Å². The van der Waals surface area contributed by atoms with Crippen LogP contribution in [0.4, 0.5) is 0 Å². The lowest BCUT2D eigenvalue weighted by Crippen LogP contribution is -2.17. The Balaban J connectivity index is 1.94. The Hall–Kier alpha value is -2.43. The smallest absolute Gasteiger partial charge is 0.271 e. The van der Waals surface area contributed by atoms with Crippen LogP contribution >= 0.6 is 0 Å². The molecule has 0 unspecified atom stereocenters. The van der Waals surface area contributed by atoms with E-state index in [1.807, 2.05) is 18.5 Å². The molecule has 1 amide bonds. The Labute approximate surface area is 112 Å². The molecule has 0 bridgehead atoms. The number of pyridine rings is 1. The minimum Gasteiger partial charge on any atom is -0.351 e. The van der Waals surface area contributed by atoms with Crippen molar-refractivity contribution in [1.29, 1.82) is 0 Å². The molecule has 0 aromatic carbocycles. The number of hydrogen-bond acceptors (Lipinski definition) is 3. The molecule has 2 rings (SSSR count). The molecule has 1 N–H and O–H groups in total. The van der Waals surface area contributed by atoms with E-state index >= 15 is 0 Å². The Morgan fingerprint density at radius 2 is 2.11 bits per heavy atom. The van der Waals surface area contributed by atoms with E-state index < -0.39 is 0 Å². The topological polar surface area (TPSA) is 59.3 Å². The number of hydrogen-bond donors (Lipinski definition) is 1.